The van der Waals surface area contributed by atoms with Crippen LogP contribution in [0, 0.1) is 13.8 Å². The molecule has 0 unspecified atom stereocenters. The summed E-state index contributed by atoms with van der Waals surface area (Å²) in [4.78, 5) is 38.4. The van der Waals surface area contributed by atoms with Gasteiger partial charge in [0, 0.05) is 24.0 Å². The third-order valence-electron chi connectivity index (χ3n) is 6.84. The Balaban J connectivity index is 0.000000215. The second kappa shape index (κ2) is 14.0. The zero-order valence-corrected chi connectivity index (χ0v) is 25.5. The molecule has 2 aromatic carbocycles. The Labute approximate surface area is 259 Å². The van der Waals surface area contributed by atoms with Crippen LogP contribution in [0.4, 0.5) is 0 Å². The molecule has 0 aliphatic carbocycles. The molecule has 4 N–H and O–H groups in total. The molecule has 210 valence electrons. The summed E-state index contributed by atoms with van der Waals surface area (Å²) in [7, 11) is 1.38. The normalized spacial score (nSPS) is 13.3. The van der Waals surface area contributed by atoms with Crippen LogP contribution in [0.25, 0.3) is 22.8 Å². The fourth-order valence-electron chi connectivity index (χ4n) is 4.62. The molecule has 0 atom stereocenters. The minimum Gasteiger partial charge on any atom is -0.870 e. The van der Waals surface area contributed by atoms with Gasteiger partial charge in [0.15, 0.2) is 0 Å². The molecule has 0 radical (unpaired) electrons. The maximum atomic E-state index is 11.6. The average molecular weight is 571 g/mol. The van der Waals surface area contributed by atoms with Crippen LogP contribution in [-0.2, 0) is 40.3 Å². The predicted octanol–water partition coefficient (Wildman–Crippen LogP) is 1.23. The van der Waals surface area contributed by atoms with Gasteiger partial charge in [-0.2, -0.15) is 0 Å². The van der Waals surface area contributed by atoms with E-state index in [-0.39, 0.29) is 46.6 Å². The van der Waals surface area contributed by atoms with Gasteiger partial charge in [0.25, 0.3) is 0 Å². The Morgan fingerprint density at radius 3 is 1.73 bits per heavy atom. The first-order valence-corrected chi connectivity index (χ1v) is 12.7. The summed E-state index contributed by atoms with van der Waals surface area (Å²) in [5.41, 5.74) is 8.68. The number of methoxy groups -OCH3 is 1. The van der Waals surface area contributed by atoms with Crippen molar-refractivity contribution in [2.75, 3.05) is 20.3 Å². The largest absolute Gasteiger partial charge is 1.00 e. The maximum Gasteiger partial charge on any atom is 1.00 e. The van der Waals surface area contributed by atoms with Crippen molar-refractivity contribution in [1.82, 2.24) is 19.9 Å². The van der Waals surface area contributed by atoms with E-state index in [2.05, 4.69) is 19.9 Å². The number of ether oxygens (including phenoxy) is 3. The Morgan fingerprint density at radius 2 is 1.29 bits per heavy atom. The molecule has 4 heterocycles. The molecule has 0 spiro atoms. The number of rotatable bonds is 4. The second-order valence-electron chi connectivity index (χ2n) is 9.48. The molecule has 0 fully saturated rings. The van der Waals surface area contributed by atoms with Gasteiger partial charge in [0.1, 0.15) is 11.6 Å². The Hall–Kier alpha value is -3.32. The molecule has 11 nitrogen and oxygen atoms in total. The third kappa shape index (κ3) is 7.13. The van der Waals surface area contributed by atoms with Gasteiger partial charge in [-0.05, 0) is 49.2 Å². The van der Waals surface area contributed by atoms with Crippen LogP contribution in [0.2, 0.25) is 0 Å². The van der Waals surface area contributed by atoms with Gasteiger partial charge in [-0.1, -0.05) is 12.1 Å². The van der Waals surface area contributed by atoms with Crippen LogP contribution < -0.4 is 29.6 Å². The smallest absolute Gasteiger partial charge is 0.870 e. The van der Waals surface area contributed by atoms with Crippen LogP contribution in [0.3, 0.4) is 0 Å². The van der Waals surface area contributed by atoms with Gasteiger partial charge in [-0.25, -0.2) is 19.6 Å². The molecule has 2 aliphatic heterocycles. The van der Waals surface area contributed by atoms with Gasteiger partial charge in [0.2, 0.25) is 0 Å². The Bertz CT molecular complexity index is 1500. The van der Waals surface area contributed by atoms with E-state index in [4.69, 9.17) is 19.3 Å². The van der Waals surface area contributed by atoms with Gasteiger partial charge in [-0.3, -0.25) is 0 Å². The zero-order chi connectivity index (χ0) is 27.5. The fraction of sp³-hybridized carbons (Fsp3) is 0.310. The van der Waals surface area contributed by atoms with Crippen molar-refractivity contribution in [2.45, 2.75) is 39.9 Å². The number of carboxylic acid groups (broad SMARTS) is 1. The van der Waals surface area contributed by atoms with Crippen molar-refractivity contribution in [3.63, 3.8) is 0 Å². The number of benzene rings is 2. The summed E-state index contributed by atoms with van der Waals surface area (Å²) in [5, 5.41) is 9.06. The summed E-state index contributed by atoms with van der Waals surface area (Å²) >= 11 is 0. The van der Waals surface area contributed by atoms with Crippen LogP contribution in [0.5, 0.6) is 0 Å². The first kappa shape index (κ1) is 32.2. The molecule has 2 aliphatic rings. The summed E-state index contributed by atoms with van der Waals surface area (Å²) in [6, 6.07) is 10.5. The second-order valence-corrected chi connectivity index (χ2v) is 9.48. The number of imidazole rings is 2. The minimum absolute atomic E-state index is 0. The number of esters is 1. The van der Waals surface area contributed by atoms with E-state index in [1.54, 1.807) is 24.3 Å². The SMILES string of the molecule is COC(=O)c1ccc(C)c(-c2nc3c([nH]2)COCC3)c1.Cc1ccc(C(=O)O)cc1-c1nc2c([nH]1)COCC2.[Na+].[OH-]. The number of aromatic carboxylic acids is 1. The number of hydrogen-bond acceptors (Lipinski definition) is 8. The van der Waals surface area contributed by atoms with E-state index < -0.39 is 5.97 Å². The number of aryl methyl sites for hydroxylation is 2. The van der Waals surface area contributed by atoms with Crippen molar-refractivity contribution >= 4 is 11.9 Å². The molecule has 4 aromatic rings. The molecule has 0 saturated heterocycles. The average Bonchev–Trinajstić information content (AvgIpc) is 3.58. The standard InChI is InChI=1S/C15H16N2O3.C14H14N2O3.Na.H2O/c1-9-3-4-10(15(18)19-2)7-11(9)14-16-12-5-6-20-8-13(12)17-14;1-8-2-3-9(14(17)18)6-10(8)13-15-11-4-5-19-7-12(11)16-13;;/h3-4,7H,5-6,8H2,1-2H3,(H,16,17);2-3,6H,4-5,7H2,1H3,(H,15,16)(H,17,18);;1H2/q;;+1;/p-1. The van der Waals surface area contributed by atoms with E-state index in [9.17, 15) is 9.59 Å². The summed E-state index contributed by atoms with van der Waals surface area (Å²) in [5.74, 6) is 0.228. The van der Waals surface area contributed by atoms with Crippen molar-refractivity contribution in [2.24, 2.45) is 0 Å². The van der Waals surface area contributed by atoms with Gasteiger partial charge >= 0.3 is 41.5 Å². The van der Waals surface area contributed by atoms with E-state index in [1.807, 2.05) is 26.0 Å². The summed E-state index contributed by atoms with van der Waals surface area (Å²) < 4.78 is 15.5. The first-order chi connectivity index (χ1) is 18.8. The Morgan fingerprint density at radius 1 is 0.829 bits per heavy atom. The van der Waals surface area contributed by atoms with Crippen molar-refractivity contribution in [1.29, 1.82) is 0 Å². The van der Waals surface area contributed by atoms with E-state index in [1.165, 1.54) is 7.11 Å². The number of carboxylic acids is 1. The molecule has 12 heteroatoms. The minimum atomic E-state index is -0.930. The molecule has 0 bridgehead atoms. The molecule has 2 aromatic heterocycles. The molecule has 41 heavy (non-hydrogen) atoms. The van der Waals surface area contributed by atoms with Gasteiger partial charge in [0.05, 0.1) is 67.4 Å². The number of hydrogen-bond donors (Lipinski definition) is 3. The molecular formula is C29H31N4NaO7. The zero-order valence-electron chi connectivity index (χ0n) is 23.5. The number of carbonyl (C=O) groups excluding carboxylic acids is 1. The summed E-state index contributed by atoms with van der Waals surface area (Å²) in [6.07, 6.45) is 1.62. The van der Waals surface area contributed by atoms with E-state index in [0.29, 0.717) is 32.0 Å². The first-order valence-electron chi connectivity index (χ1n) is 12.7. The number of nitrogens with one attached hydrogen (secondary N) is 2. The number of aromatic amines is 2. The Kier molecular flexibility index (Phi) is 11.0. The van der Waals surface area contributed by atoms with E-state index >= 15 is 0 Å². The quantitative estimate of drug-likeness (QED) is 0.241. The van der Waals surface area contributed by atoms with Crippen molar-refractivity contribution in [3.05, 3.63) is 81.4 Å². The van der Waals surface area contributed by atoms with Crippen molar-refractivity contribution < 1.29 is 63.9 Å². The molecule has 0 amide bonds. The number of nitrogens with zero attached hydrogens (tertiary/aromatic N) is 2. The van der Waals surface area contributed by atoms with Gasteiger partial charge in [-0.15, -0.1) is 0 Å². The van der Waals surface area contributed by atoms with Gasteiger partial charge < -0.3 is 34.8 Å². The topological polar surface area (TPSA) is 169 Å². The number of H-pyrrole nitrogens is 2. The predicted molar refractivity (Wildman–Crippen MR) is 144 cm³/mol. The number of fused-ring (bicyclic) bond motifs is 2. The summed E-state index contributed by atoms with van der Waals surface area (Å²) in [6.45, 7) is 6.44. The monoisotopic (exact) mass is 570 g/mol. The number of aromatic nitrogens is 4. The van der Waals surface area contributed by atoms with Crippen molar-refractivity contribution in [3.8, 4) is 22.8 Å². The molecule has 6 rings (SSSR count). The molecular weight excluding hydrogens is 539 g/mol. The van der Waals surface area contributed by atoms with Crippen LogP contribution in [0.15, 0.2) is 36.4 Å². The van der Waals surface area contributed by atoms with E-state index in [0.717, 1.165) is 69.5 Å². The fourth-order valence-corrected chi connectivity index (χ4v) is 4.62. The van der Waals surface area contributed by atoms with Crippen LogP contribution >= 0.6 is 0 Å². The maximum absolute atomic E-state index is 11.6. The third-order valence-corrected chi connectivity index (χ3v) is 6.84. The number of carbonyl (C=O) groups is 2. The van der Waals surface area contributed by atoms with Crippen LogP contribution in [0.1, 0.15) is 54.6 Å². The van der Waals surface area contributed by atoms with Crippen LogP contribution in [-0.4, -0.2) is 62.8 Å². The molecule has 0 saturated carbocycles.